The molecule has 0 unspecified atom stereocenters. The van der Waals surface area contributed by atoms with E-state index in [1.807, 2.05) is 23.7 Å². The number of nitrogens with one attached hydrogen (secondary N) is 2. The van der Waals surface area contributed by atoms with E-state index in [2.05, 4.69) is 36.7 Å². The number of benzene rings is 1. The average Bonchev–Trinajstić information content (AvgIpc) is 3.23. The van der Waals surface area contributed by atoms with E-state index in [1.165, 1.54) is 39.2 Å². The minimum absolute atomic E-state index is 0.561. The molecule has 4 aromatic rings. The van der Waals surface area contributed by atoms with Gasteiger partial charge in [0.1, 0.15) is 4.83 Å². The summed E-state index contributed by atoms with van der Waals surface area (Å²) in [7, 11) is 0. The number of anilines is 1. The number of aromatic nitrogens is 3. The molecule has 0 saturated carbocycles. The second kappa shape index (κ2) is 5.64. The number of para-hydroxylation sites is 1. The molecule has 0 saturated heterocycles. The van der Waals surface area contributed by atoms with E-state index in [1.54, 1.807) is 6.20 Å². The molecule has 0 fully saturated rings. The second-order valence-electron chi connectivity index (χ2n) is 4.62. The second-order valence-corrected chi connectivity index (χ2v) is 6.70. The maximum atomic E-state index is 5.32. The molecule has 1 aromatic carbocycles. The molecule has 3 aromatic heterocycles. The van der Waals surface area contributed by atoms with Gasteiger partial charge in [0.25, 0.3) is 0 Å². The molecule has 0 aliphatic heterocycles. The van der Waals surface area contributed by atoms with Gasteiger partial charge in [-0.1, -0.05) is 18.2 Å². The molecule has 110 valence electrons. The van der Waals surface area contributed by atoms with Gasteiger partial charge in [-0.2, -0.15) is 4.37 Å². The zero-order valence-electron chi connectivity index (χ0n) is 11.3. The molecule has 22 heavy (non-hydrogen) atoms. The highest BCUT2D eigenvalue weighted by molar-refractivity contribution is 7.80. The van der Waals surface area contributed by atoms with E-state index in [0.29, 0.717) is 11.8 Å². The van der Waals surface area contributed by atoms with Crippen LogP contribution in [0.5, 0.6) is 0 Å². The number of hydrogen-bond acceptors (Lipinski definition) is 5. The van der Waals surface area contributed by atoms with Crippen LogP contribution in [0.1, 0.15) is 0 Å². The van der Waals surface area contributed by atoms with Crippen molar-refractivity contribution in [2.45, 2.75) is 6.67 Å². The van der Waals surface area contributed by atoms with Gasteiger partial charge < -0.3 is 15.2 Å². The van der Waals surface area contributed by atoms with Crippen LogP contribution in [0.25, 0.3) is 21.1 Å². The summed E-state index contributed by atoms with van der Waals surface area (Å²) in [5, 5.41) is 12.0. The summed E-state index contributed by atoms with van der Waals surface area (Å²) in [5.74, 6) is 0. The third-order valence-electron chi connectivity index (χ3n) is 3.33. The summed E-state index contributed by atoms with van der Waals surface area (Å²) in [6, 6.07) is 8.32. The molecule has 0 radical (unpaired) electrons. The van der Waals surface area contributed by atoms with Crippen LogP contribution >= 0.6 is 35.1 Å². The molecule has 4 rings (SSSR count). The SMILES string of the molecule is S=C(NCn1c2ccccc2c2cnsc21)Nc1nccs1. The molecule has 0 bridgehead atoms. The number of hydrogen-bond donors (Lipinski definition) is 2. The maximum absolute atomic E-state index is 5.32. The van der Waals surface area contributed by atoms with Crippen molar-refractivity contribution in [2.24, 2.45) is 0 Å². The van der Waals surface area contributed by atoms with Crippen molar-refractivity contribution in [1.29, 1.82) is 0 Å². The van der Waals surface area contributed by atoms with Crippen LogP contribution in [0.2, 0.25) is 0 Å². The van der Waals surface area contributed by atoms with Crippen LogP contribution in [-0.4, -0.2) is 19.0 Å². The summed E-state index contributed by atoms with van der Waals surface area (Å²) in [5.41, 5.74) is 1.18. The smallest absolute Gasteiger partial charge is 0.188 e. The first-order valence-corrected chi connectivity index (χ1v) is 8.65. The lowest BCUT2D eigenvalue weighted by Gasteiger charge is -2.10. The summed E-state index contributed by atoms with van der Waals surface area (Å²) in [4.78, 5) is 5.30. The molecule has 5 nitrogen and oxygen atoms in total. The molecular formula is C14H11N5S3. The average molecular weight is 345 g/mol. The lowest BCUT2D eigenvalue weighted by Crippen LogP contribution is -2.30. The van der Waals surface area contributed by atoms with Gasteiger partial charge in [-0.25, -0.2) is 4.98 Å². The van der Waals surface area contributed by atoms with Gasteiger partial charge in [0, 0.05) is 22.3 Å². The summed E-state index contributed by atoms with van der Waals surface area (Å²) >= 11 is 8.33. The number of fused-ring (bicyclic) bond motifs is 3. The Kier molecular flexibility index (Phi) is 3.49. The summed E-state index contributed by atoms with van der Waals surface area (Å²) < 4.78 is 6.49. The monoisotopic (exact) mass is 345 g/mol. The van der Waals surface area contributed by atoms with Gasteiger partial charge in [-0.05, 0) is 29.8 Å². The molecule has 3 heterocycles. The Labute approximate surface area is 139 Å². The van der Waals surface area contributed by atoms with Gasteiger partial charge in [0.2, 0.25) is 0 Å². The van der Waals surface area contributed by atoms with Crippen LogP contribution in [0, 0.1) is 0 Å². The zero-order valence-corrected chi connectivity index (χ0v) is 13.8. The standard InChI is InChI=1S/C14H11N5S3/c20-13(18-14-15-5-6-21-14)16-8-19-11-4-2-1-3-9(11)10-7-17-22-12(10)19/h1-7H,8H2,(H2,15,16,18,20). The van der Waals surface area contributed by atoms with Crippen molar-refractivity contribution in [2.75, 3.05) is 5.32 Å². The number of thiazole rings is 1. The molecule has 0 spiro atoms. The largest absolute Gasteiger partial charge is 0.345 e. The highest BCUT2D eigenvalue weighted by atomic mass is 32.1. The van der Waals surface area contributed by atoms with Crippen LogP contribution in [0.15, 0.2) is 42.0 Å². The highest BCUT2D eigenvalue weighted by Crippen LogP contribution is 2.30. The maximum Gasteiger partial charge on any atom is 0.188 e. The molecule has 8 heteroatoms. The zero-order chi connectivity index (χ0) is 14.9. The highest BCUT2D eigenvalue weighted by Gasteiger charge is 2.12. The molecule has 2 N–H and O–H groups in total. The van der Waals surface area contributed by atoms with Crippen LogP contribution < -0.4 is 10.6 Å². The van der Waals surface area contributed by atoms with Crippen molar-refractivity contribution < 1.29 is 0 Å². The van der Waals surface area contributed by atoms with Crippen molar-refractivity contribution in [3.63, 3.8) is 0 Å². The number of nitrogens with zero attached hydrogens (tertiary/aromatic N) is 3. The summed E-state index contributed by atoms with van der Waals surface area (Å²) in [6.07, 6.45) is 3.67. The first kappa shape index (κ1) is 13.6. The first-order valence-electron chi connectivity index (χ1n) is 6.59. The minimum Gasteiger partial charge on any atom is -0.345 e. The molecule has 0 aliphatic rings. The summed E-state index contributed by atoms with van der Waals surface area (Å²) in [6.45, 7) is 0.587. The van der Waals surface area contributed by atoms with Gasteiger partial charge in [0.05, 0.1) is 18.4 Å². The number of thiocarbonyl (C=S) groups is 1. The third kappa shape index (κ3) is 2.35. The Morgan fingerprint density at radius 3 is 3.05 bits per heavy atom. The Bertz CT molecular complexity index is 938. The fourth-order valence-corrected chi connectivity index (χ4v) is 3.93. The lowest BCUT2D eigenvalue weighted by atomic mass is 10.2. The number of rotatable bonds is 3. The Morgan fingerprint density at radius 1 is 1.27 bits per heavy atom. The molecule has 0 atom stereocenters. The van der Waals surface area contributed by atoms with Crippen molar-refractivity contribution in [3.8, 4) is 0 Å². The lowest BCUT2D eigenvalue weighted by molar-refractivity contribution is 0.717. The van der Waals surface area contributed by atoms with Crippen molar-refractivity contribution in [3.05, 3.63) is 42.0 Å². The normalized spacial score (nSPS) is 11.1. The van der Waals surface area contributed by atoms with E-state index in [4.69, 9.17) is 12.2 Å². The third-order valence-corrected chi connectivity index (χ3v) is 5.09. The van der Waals surface area contributed by atoms with Crippen LogP contribution in [0.3, 0.4) is 0 Å². The van der Waals surface area contributed by atoms with Crippen molar-refractivity contribution >= 4 is 66.5 Å². The fraction of sp³-hybridized carbons (Fsp3) is 0.0714. The van der Waals surface area contributed by atoms with Crippen LogP contribution in [-0.2, 0) is 6.67 Å². The van der Waals surface area contributed by atoms with Crippen LogP contribution in [0.4, 0.5) is 5.13 Å². The van der Waals surface area contributed by atoms with Gasteiger partial charge >= 0.3 is 0 Å². The van der Waals surface area contributed by atoms with Crippen molar-refractivity contribution in [1.82, 2.24) is 19.2 Å². The predicted octanol–water partition coefficient (Wildman–Crippen LogP) is 3.65. The van der Waals surface area contributed by atoms with E-state index < -0.39 is 0 Å². The first-order chi connectivity index (χ1) is 10.8. The van der Waals surface area contributed by atoms with Gasteiger partial charge in [-0.15, -0.1) is 11.3 Å². The quantitative estimate of drug-likeness (QED) is 0.555. The van der Waals surface area contributed by atoms with Gasteiger partial charge in [0.15, 0.2) is 10.2 Å². The fourth-order valence-electron chi connectivity index (χ4n) is 2.39. The molecule has 0 amide bonds. The van der Waals surface area contributed by atoms with E-state index in [0.717, 1.165) is 9.96 Å². The van der Waals surface area contributed by atoms with E-state index in [-0.39, 0.29) is 0 Å². The van der Waals surface area contributed by atoms with E-state index in [9.17, 15) is 0 Å². The minimum atomic E-state index is 0.561. The Balaban J connectivity index is 1.60. The van der Waals surface area contributed by atoms with E-state index >= 15 is 0 Å². The predicted molar refractivity (Wildman–Crippen MR) is 96.6 cm³/mol. The Morgan fingerprint density at radius 2 is 2.18 bits per heavy atom. The molecular weight excluding hydrogens is 334 g/mol. The topological polar surface area (TPSA) is 54.8 Å². The van der Waals surface area contributed by atoms with Gasteiger partial charge in [-0.3, -0.25) is 0 Å². The Hall–Kier alpha value is -2.03. The molecule has 0 aliphatic carbocycles.